The summed E-state index contributed by atoms with van der Waals surface area (Å²) in [7, 11) is 1.87. The maximum atomic E-state index is 13.1. The molecule has 3 nitrogen and oxygen atoms in total. The topological polar surface area (TPSA) is 29.9 Å². The number of halogens is 2. The Kier molecular flexibility index (Phi) is 3.72. The number of nitrogens with one attached hydrogen (secondary N) is 1. The fraction of sp³-hybridized carbons (Fsp3) is 0.308. The minimum Gasteiger partial charge on any atom is -0.316 e. The Bertz CT molecular complexity index is 549. The molecule has 0 fully saturated rings. The second-order valence-corrected chi connectivity index (χ2v) is 4.22. The van der Waals surface area contributed by atoms with E-state index in [1.807, 2.05) is 20.2 Å². The quantitative estimate of drug-likeness (QED) is 0.903. The summed E-state index contributed by atoms with van der Waals surface area (Å²) in [5.74, 6) is -1.65. The average molecular weight is 251 g/mol. The Morgan fingerprint density at radius 2 is 2.06 bits per heavy atom. The number of aryl methyl sites for hydroxylation is 1. The molecular weight excluding hydrogens is 236 g/mol. The first-order chi connectivity index (χ1) is 8.60. The molecule has 5 heteroatoms. The first-order valence-corrected chi connectivity index (χ1v) is 5.71. The van der Waals surface area contributed by atoms with Gasteiger partial charge in [0.2, 0.25) is 0 Å². The van der Waals surface area contributed by atoms with E-state index in [2.05, 4.69) is 10.4 Å². The molecular formula is C13H15F2N3. The van der Waals surface area contributed by atoms with Crippen LogP contribution in [0.1, 0.15) is 16.8 Å². The van der Waals surface area contributed by atoms with E-state index in [9.17, 15) is 8.78 Å². The van der Waals surface area contributed by atoms with Gasteiger partial charge in [-0.25, -0.2) is 8.78 Å². The van der Waals surface area contributed by atoms with Crippen molar-refractivity contribution in [2.45, 2.75) is 20.0 Å². The van der Waals surface area contributed by atoms with Crippen molar-refractivity contribution in [2.75, 3.05) is 7.05 Å². The van der Waals surface area contributed by atoms with Crippen LogP contribution in [0.2, 0.25) is 0 Å². The molecule has 0 atom stereocenters. The molecule has 0 aliphatic heterocycles. The van der Waals surface area contributed by atoms with Gasteiger partial charge in [0.15, 0.2) is 11.6 Å². The first-order valence-electron chi connectivity index (χ1n) is 5.71. The van der Waals surface area contributed by atoms with Crippen molar-refractivity contribution in [3.05, 3.63) is 52.9 Å². The van der Waals surface area contributed by atoms with Gasteiger partial charge in [-0.05, 0) is 31.7 Å². The smallest absolute Gasteiger partial charge is 0.159 e. The third kappa shape index (κ3) is 2.73. The Morgan fingerprint density at radius 1 is 1.28 bits per heavy atom. The molecule has 18 heavy (non-hydrogen) atoms. The Hall–Kier alpha value is -1.75. The van der Waals surface area contributed by atoms with Gasteiger partial charge in [0, 0.05) is 18.3 Å². The molecule has 2 aromatic rings. The fourth-order valence-electron chi connectivity index (χ4n) is 1.83. The molecule has 0 unspecified atom stereocenters. The highest BCUT2D eigenvalue weighted by Crippen LogP contribution is 2.11. The van der Waals surface area contributed by atoms with Gasteiger partial charge in [0.25, 0.3) is 0 Å². The molecule has 0 saturated heterocycles. The van der Waals surface area contributed by atoms with Crippen molar-refractivity contribution >= 4 is 0 Å². The maximum Gasteiger partial charge on any atom is 0.159 e. The van der Waals surface area contributed by atoms with E-state index in [-0.39, 0.29) is 0 Å². The molecule has 1 N–H and O–H groups in total. The summed E-state index contributed by atoms with van der Waals surface area (Å²) in [5, 5.41) is 7.39. The van der Waals surface area contributed by atoms with Crippen molar-refractivity contribution in [1.82, 2.24) is 15.1 Å². The monoisotopic (exact) mass is 251 g/mol. The Morgan fingerprint density at radius 3 is 2.72 bits per heavy atom. The van der Waals surface area contributed by atoms with Crippen LogP contribution in [0, 0.1) is 18.6 Å². The van der Waals surface area contributed by atoms with Gasteiger partial charge < -0.3 is 5.32 Å². The third-order valence-electron chi connectivity index (χ3n) is 2.74. The van der Waals surface area contributed by atoms with Gasteiger partial charge in [-0.2, -0.15) is 5.10 Å². The molecule has 0 amide bonds. The van der Waals surface area contributed by atoms with Crippen LogP contribution in [0.5, 0.6) is 0 Å². The SMILES string of the molecule is CNCc1cn(Cc2ccc(F)c(F)c2)nc1C. The van der Waals surface area contributed by atoms with Crippen LogP contribution in [0.4, 0.5) is 8.78 Å². The molecule has 1 aromatic carbocycles. The first kappa shape index (κ1) is 12.7. The molecule has 2 rings (SSSR count). The van der Waals surface area contributed by atoms with E-state index in [4.69, 9.17) is 0 Å². The highest BCUT2D eigenvalue weighted by atomic mass is 19.2. The van der Waals surface area contributed by atoms with E-state index in [1.54, 1.807) is 10.7 Å². The lowest BCUT2D eigenvalue weighted by Crippen LogP contribution is -2.05. The zero-order chi connectivity index (χ0) is 13.1. The molecule has 0 saturated carbocycles. The zero-order valence-corrected chi connectivity index (χ0v) is 10.4. The normalized spacial score (nSPS) is 10.9. The van der Waals surface area contributed by atoms with Crippen LogP contribution in [-0.4, -0.2) is 16.8 Å². The van der Waals surface area contributed by atoms with E-state index in [1.165, 1.54) is 6.07 Å². The Balaban J connectivity index is 2.18. The van der Waals surface area contributed by atoms with Gasteiger partial charge in [-0.15, -0.1) is 0 Å². The van der Waals surface area contributed by atoms with Crippen LogP contribution in [0.15, 0.2) is 24.4 Å². The summed E-state index contributed by atoms with van der Waals surface area (Å²) in [4.78, 5) is 0. The minimum atomic E-state index is -0.828. The molecule has 1 aromatic heterocycles. The minimum absolute atomic E-state index is 0.432. The predicted molar refractivity (Wildman–Crippen MR) is 65.2 cm³/mol. The lowest BCUT2D eigenvalue weighted by Gasteiger charge is -2.02. The number of benzene rings is 1. The van der Waals surface area contributed by atoms with Gasteiger partial charge in [-0.3, -0.25) is 4.68 Å². The molecule has 1 heterocycles. The largest absolute Gasteiger partial charge is 0.316 e. The zero-order valence-electron chi connectivity index (χ0n) is 10.4. The number of hydrogen-bond acceptors (Lipinski definition) is 2. The molecule has 0 radical (unpaired) electrons. The summed E-state index contributed by atoms with van der Waals surface area (Å²) in [6.45, 7) is 3.10. The summed E-state index contributed by atoms with van der Waals surface area (Å²) in [5.41, 5.74) is 2.72. The van der Waals surface area contributed by atoms with Crippen LogP contribution in [-0.2, 0) is 13.1 Å². The lowest BCUT2D eigenvalue weighted by molar-refractivity contribution is 0.505. The van der Waals surface area contributed by atoms with Gasteiger partial charge in [0.05, 0.1) is 12.2 Å². The summed E-state index contributed by atoms with van der Waals surface area (Å²) in [6.07, 6.45) is 1.91. The molecule has 0 aliphatic rings. The highest BCUT2D eigenvalue weighted by molar-refractivity contribution is 5.20. The summed E-state index contributed by atoms with van der Waals surface area (Å²) >= 11 is 0. The van der Waals surface area contributed by atoms with Gasteiger partial charge in [-0.1, -0.05) is 6.07 Å². The number of hydrogen-bond donors (Lipinski definition) is 1. The van der Waals surface area contributed by atoms with Gasteiger partial charge >= 0.3 is 0 Å². The molecule has 0 aliphatic carbocycles. The van der Waals surface area contributed by atoms with Crippen molar-refractivity contribution in [3.8, 4) is 0 Å². The maximum absolute atomic E-state index is 13.1. The molecule has 96 valence electrons. The average Bonchev–Trinajstić information content (AvgIpc) is 2.65. The van der Waals surface area contributed by atoms with Crippen molar-refractivity contribution in [1.29, 1.82) is 0 Å². The lowest BCUT2D eigenvalue weighted by atomic mass is 10.2. The fourth-order valence-corrected chi connectivity index (χ4v) is 1.83. The molecule has 0 spiro atoms. The number of rotatable bonds is 4. The van der Waals surface area contributed by atoms with E-state index < -0.39 is 11.6 Å². The van der Waals surface area contributed by atoms with E-state index >= 15 is 0 Å². The van der Waals surface area contributed by atoms with E-state index in [0.717, 1.165) is 23.9 Å². The van der Waals surface area contributed by atoms with Crippen LogP contribution in [0.25, 0.3) is 0 Å². The number of aromatic nitrogens is 2. The number of nitrogens with zero attached hydrogens (tertiary/aromatic N) is 2. The van der Waals surface area contributed by atoms with E-state index in [0.29, 0.717) is 12.1 Å². The third-order valence-corrected chi connectivity index (χ3v) is 2.74. The second kappa shape index (κ2) is 5.27. The summed E-state index contributed by atoms with van der Waals surface area (Å²) in [6, 6.07) is 3.90. The van der Waals surface area contributed by atoms with Crippen molar-refractivity contribution < 1.29 is 8.78 Å². The van der Waals surface area contributed by atoms with Crippen LogP contribution < -0.4 is 5.32 Å². The van der Waals surface area contributed by atoms with Crippen LogP contribution >= 0.6 is 0 Å². The molecule has 0 bridgehead atoms. The highest BCUT2D eigenvalue weighted by Gasteiger charge is 2.06. The van der Waals surface area contributed by atoms with Crippen LogP contribution in [0.3, 0.4) is 0 Å². The Labute approximate surface area is 104 Å². The van der Waals surface area contributed by atoms with Crippen molar-refractivity contribution in [3.63, 3.8) is 0 Å². The summed E-state index contributed by atoms with van der Waals surface area (Å²) < 4.78 is 27.6. The van der Waals surface area contributed by atoms with Crippen molar-refractivity contribution in [2.24, 2.45) is 0 Å². The predicted octanol–water partition coefficient (Wildman–Crippen LogP) is 2.24. The standard InChI is InChI=1S/C13H15F2N3/c1-9-11(6-16-2)8-18(17-9)7-10-3-4-12(14)13(15)5-10/h3-5,8,16H,6-7H2,1-2H3. The second-order valence-electron chi connectivity index (χ2n) is 4.22. The van der Waals surface area contributed by atoms with Gasteiger partial charge in [0.1, 0.15) is 0 Å².